The van der Waals surface area contributed by atoms with Crippen molar-refractivity contribution in [3.8, 4) is 0 Å². The Kier molecular flexibility index (Phi) is 11.1. The van der Waals surface area contributed by atoms with Crippen LogP contribution in [-0.4, -0.2) is 70.0 Å². The molecular formula is C22H35F3N4O2. The van der Waals surface area contributed by atoms with Crippen molar-refractivity contribution in [1.29, 1.82) is 0 Å². The minimum Gasteiger partial charge on any atom is -0.382 e. The number of rotatable bonds is 11. The molecule has 0 saturated carbocycles. The van der Waals surface area contributed by atoms with Crippen molar-refractivity contribution < 1.29 is 22.6 Å². The number of nitrogens with zero attached hydrogens (tertiary/aromatic N) is 2. The lowest BCUT2D eigenvalue weighted by Crippen LogP contribution is -2.42. The van der Waals surface area contributed by atoms with Gasteiger partial charge in [-0.05, 0) is 44.4 Å². The number of halogens is 3. The fourth-order valence-electron chi connectivity index (χ4n) is 3.41. The topological polar surface area (TPSA) is 58.1 Å². The van der Waals surface area contributed by atoms with Gasteiger partial charge in [-0.25, -0.2) is 0 Å². The van der Waals surface area contributed by atoms with Crippen LogP contribution in [0.2, 0.25) is 0 Å². The lowest BCUT2D eigenvalue weighted by molar-refractivity contribution is -0.137. The lowest BCUT2D eigenvalue weighted by atomic mass is 10.0. The highest BCUT2D eigenvalue weighted by atomic mass is 19.4. The summed E-state index contributed by atoms with van der Waals surface area (Å²) >= 11 is 0. The fourth-order valence-corrected chi connectivity index (χ4v) is 3.41. The monoisotopic (exact) mass is 444 g/mol. The van der Waals surface area contributed by atoms with Crippen LogP contribution in [-0.2, 0) is 15.7 Å². The zero-order valence-electron chi connectivity index (χ0n) is 18.5. The van der Waals surface area contributed by atoms with Crippen LogP contribution in [0.3, 0.4) is 0 Å². The Bertz CT molecular complexity index is 647. The number of hydrogen-bond acceptors (Lipinski definition) is 4. The van der Waals surface area contributed by atoms with Gasteiger partial charge in [-0.15, -0.1) is 0 Å². The average Bonchev–Trinajstić information content (AvgIpc) is 2.76. The Morgan fingerprint density at radius 3 is 2.45 bits per heavy atom. The second kappa shape index (κ2) is 13.5. The molecule has 2 N–H and O–H groups in total. The molecule has 1 heterocycles. The van der Waals surface area contributed by atoms with Crippen LogP contribution in [0.5, 0.6) is 0 Å². The van der Waals surface area contributed by atoms with E-state index in [1.807, 2.05) is 13.8 Å². The van der Waals surface area contributed by atoms with Gasteiger partial charge < -0.3 is 20.1 Å². The molecule has 1 aromatic rings. The van der Waals surface area contributed by atoms with Crippen LogP contribution in [0, 0.1) is 0 Å². The normalized spacial score (nSPS) is 16.9. The SMILES string of the molecule is CCNC(=NCC(c1ccc(C(F)(F)F)cc1)N1CCOCC1)NCCCCOCC. The van der Waals surface area contributed by atoms with E-state index in [2.05, 4.69) is 15.5 Å². The summed E-state index contributed by atoms with van der Waals surface area (Å²) in [7, 11) is 0. The molecule has 0 bridgehead atoms. The Morgan fingerprint density at radius 2 is 1.84 bits per heavy atom. The summed E-state index contributed by atoms with van der Waals surface area (Å²) in [5, 5.41) is 6.57. The second-order valence-electron chi connectivity index (χ2n) is 7.33. The summed E-state index contributed by atoms with van der Waals surface area (Å²) in [5.41, 5.74) is 0.189. The van der Waals surface area contributed by atoms with Gasteiger partial charge in [-0.3, -0.25) is 9.89 Å². The zero-order chi connectivity index (χ0) is 22.5. The number of unbranched alkanes of at least 4 members (excludes halogenated alkanes) is 1. The highest BCUT2D eigenvalue weighted by Crippen LogP contribution is 2.31. The van der Waals surface area contributed by atoms with Crippen LogP contribution >= 0.6 is 0 Å². The van der Waals surface area contributed by atoms with E-state index in [0.29, 0.717) is 25.7 Å². The van der Waals surface area contributed by atoms with Gasteiger partial charge in [0.25, 0.3) is 0 Å². The largest absolute Gasteiger partial charge is 0.416 e. The number of morpholine rings is 1. The van der Waals surface area contributed by atoms with Gasteiger partial charge in [0, 0.05) is 39.4 Å². The second-order valence-corrected chi connectivity index (χ2v) is 7.33. The van der Waals surface area contributed by atoms with E-state index >= 15 is 0 Å². The summed E-state index contributed by atoms with van der Waals surface area (Å²) in [5.74, 6) is 0.712. The third-order valence-electron chi connectivity index (χ3n) is 5.09. The molecule has 1 aliphatic rings. The predicted molar refractivity (Wildman–Crippen MR) is 116 cm³/mol. The molecule has 0 aliphatic carbocycles. The summed E-state index contributed by atoms with van der Waals surface area (Å²) in [6, 6.07) is 5.31. The van der Waals surface area contributed by atoms with E-state index in [1.165, 1.54) is 0 Å². The van der Waals surface area contributed by atoms with Crippen LogP contribution < -0.4 is 10.6 Å². The number of hydrogen-bond donors (Lipinski definition) is 2. The van der Waals surface area contributed by atoms with Gasteiger partial charge in [-0.1, -0.05) is 12.1 Å². The number of guanidine groups is 1. The van der Waals surface area contributed by atoms with Crippen molar-refractivity contribution in [3.05, 3.63) is 35.4 Å². The zero-order valence-corrected chi connectivity index (χ0v) is 18.5. The van der Waals surface area contributed by atoms with E-state index in [9.17, 15) is 13.2 Å². The number of ether oxygens (including phenoxy) is 2. The number of aliphatic imine (C=N–C) groups is 1. The first-order chi connectivity index (χ1) is 15.0. The van der Waals surface area contributed by atoms with Crippen LogP contribution in [0.4, 0.5) is 13.2 Å². The highest BCUT2D eigenvalue weighted by molar-refractivity contribution is 5.79. The van der Waals surface area contributed by atoms with Crippen LogP contribution in [0.15, 0.2) is 29.3 Å². The van der Waals surface area contributed by atoms with E-state index in [-0.39, 0.29) is 6.04 Å². The number of alkyl halides is 3. The molecule has 1 fully saturated rings. The molecule has 0 spiro atoms. The minimum atomic E-state index is -4.34. The Labute approximate surface area is 183 Å². The molecule has 0 amide bonds. The number of benzene rings is 1. The number of nitrogens with one attached hydrogen (secondary N) is 2. The summed E-state index contributed by atoms with van der Waals surface area (Å²) in [6.07, 6.45) is -2.39. The first-order valence-corrected chi connectivity index (χ1v) is 11.0. The van der Waals surface area contributed by atoms with E-state index < -0.39 is 11.7 Å². The average molecular weight is 445 g/mol. The smallest absolute Gasteiger partial charge is 0.382 e. The molecule has 9 heteroatoms. The molecule has 1 aromatic carbocycles. The van der Waals surface area contributed by atoms with Gasteiger partial charge in [-0.2, -0.15) is 13.2 Å². The highest BCUT2D eigenvalue weighted by Gasteiger charge is 2.31. The first-order valence-electron chi connectivity index (χ1n) is 11.0. The van der Waals surface area contributed by atoms with Crippen molar-refractivity contribution >= 4 is 5.96 Å². The molecule has 1 atom stereocenters. The fraction of sp³-hybridized carbons (Fsp3) is 0.682. The van der Waals surface area contributed by atoms with Crippen molar-refractivity contribution in [3.63, 3.8) is 0 Å². The molecule has 2 rings (SSSR count). The molecular weight excluding hydrogens is 409 g/mol. The van der Waals surface area contributed by atoms with Crippen molar-refractivity contribution in [2.75, 3.05) is 59.2 Å². The molecule has 0 radical (unpaired) electrons. The maximum Gasteiger partial charge on any atom is 0.416 e. The van der Waals surface area contributed by atoms with Gasteiger partial charge in [0.2, 0.25) is 0 Å². The minimum absolute atomic E-state index is 0.111. The van der Waals surface area contributed by atoms with E-state index in [0.717, 1.165) is 69.9 Å². The molecule has 1 unspecified atom stereocenters. The van der Waals surface area contributed by atoms with Gasteiger partial charge >= 0.3 is 6.18 Å². The molecule has 1 aliphatic heterocycles. The molecule has 6 nitrogen and oxygen atoms in total. The van der Waals surface area contributed by atoms with Gasteiger partial charge in [0.05, 0.1) is 31.4 Å². The van der Waals surface area contributed by atoms with Gasteiger partial charge in [0.1, 0.15) is 0 Å². The molecule has 31 heavy (non-hydrogen) atoms. The molecule has 1 saturated heterocycles. The first kappa shape index (κ1) is 25.4. The van der Waals surface area contributed by atoms with Crippen LogP contribution in [0.25, 0.3) is 0 Å². The summed E-state index contributed by atoms with van der Waals surface area (Å²) < 4.78 is 49.7. The van der Waals surface area contributed by atoms with Gasteiger partial charge in [0.15, 0.2) is 5.96 Å². The maximum atomic E-state index is 13.0. The Morgan fingerprint density at radius 1 is 1.13 bits per heavy atom. The lowest BCUT2D eigenvalue weighted by Gasteiger charge is -2.34. The Balaban J connectivity index is 2.06. The third kappa shape index (κ3) is 9.04. The summed E-state index contributed by atoms with van der Waals surface area (Å²) in [6.45, 7) is 10.1. The van der Waals surface area contributed by atoms with Crippen LogP contribution in [0.1, 0.15) is 43.9 Å². The molecule has 176 valence electrons. The predicted octanol–water partition coefficient (Wildman–Crippen LogP) is 3.45. The van der Waals surface area contributed by atoms with Crippen molar-refractivity contribution in [2.24, 2.45) is 4.99 Å². The maximum absolute atomic E-state index is 13.0. The van der Waals surface area contributed by atoms with E-state index in [1.54, 1.807) is 12.1 Å². The van der Waals surface area contributed by atoms with Crippen molar-refractivity contribution in [2.45, 2.75) is 38.9 Å². The Hall–Kier alpha value is -1.84. The molecule has 0 aromatic heterocycles. The summed E-state index contributed by atoms with van der Waals surface area (Å²) in [4.78, 5) is 6.95. The quantitative estimate of drug-likeness (QED) is 0.311. The standard InChI is InChI=1S/C22H35F3N4O2/c1-3-26-21(27-11-5-6-14-30-4-2)28-17-20(29-12-15-31-16-13-29)18-7-9-19(10-8-18)22(23,24)25/h7-10,20H,3-6,11-17H2,1-2H3,(H2,26,27,28). The van der Waals surface area contributed by atoms with E-state index in [4.69, 9.17) is 14.5 Å². The third-order valence-corrected chi connectivity index (χ3v) is 5.09. The van der Waals surface area contributed by atoms with Crippen molar-refractivity contribution in [1.82, 2.24) is 15.5 Å².